The highest BCUT2D eigenvalue weighted by atomic mass is 32.2. The van der Waals surface area contributed by atoms with Crippen LogP contribution in [0.5, 0.6) is 5.75 Å². The number of rotatable bonds is 3. The Kier molecular flexibility index (Phi) is 5.39. The molecule has 0 bridgehead atoms. The van der Waals surface area contributed by atoms with Crippen molar-refractivity contribution >= 4 is 35.1 Å². The van der Waals surface area contributed by atoms with Crippen molar-refractivity contribution in [3.05, 3.63) is 78.4 Å². The molecule has 0 radical (unpaired) electrons. The third-order valence-corrected chi connectivity index (χ3v) is 5.53. The van der Waals surface area contributed by atoms with Crippen LogP contribution >= 0.6 is 11.8 Å². The molecular formula is C22H19N3O3S. The predicted octanol–water partition coefficient (Wildman–Crippen LogP) is 4.42. The van der Waals surface area contributed by atoms with Crippen molar-refractivity contribution in [1.29, 1.82) is 0 Å². The van der Waals surface area contributed by atoms with E-state index in [9.17, 15) is 9.59 Å². The zero-order valence-corrected chi connectivity index (χ0v) is 16.5. The molecule has 0 aromatic heterocycles. The lowest BCUT2D eigenvalue weighted by molar-refractivity contribution is -0.123. The monoisotopic (exact) mass is 405 g/mol. The molecule has 0 spiro atoms. The second-order valence-electron chi connectivity index (χ2n) is 6.41. The van der Waals surface area contributed by atoms with Gasteiger partial charge in [-0.3, -0.25) is 15.1 Å². The van der Waals surface area contributed by atoms with Gasteiger partial charge in [-0.25, -0.2) is 10.2 Å². The summed E-state index contributed by atoms with van der Waals surface area (Å²) in [5.41, 5.74) is 7.36. The molecule has 146 valence electrons. The normalized spacial score (nSPS) is 11.8. The van der Waals surface area contributed by atoms with E-state index in [2.05, 4.69) is 10.9 Å². The molecule has 3 aromatic carbocycles. The van der Waals surface area contributed by atoms with Crippen LogP contribution in [-0.2, 0) is 4.79 Å². The lowest BCUT2D eigenvalue weighted by Crippen LogP contribution is -2.49. The molecule has 3 aromatic rings. The molecular weight excluding hydrogens is 386 g/mol. The molecule has 0 fully saturated rings. The van der Waals surface area contributed by atoms with Crippen molar-refractivity contribution in [2.45, 2.75) is 16.7 Å². The van der Waals surface area contributed by atoms with E-state index in [4.69, 9.17) is 4.74 Å². The van der Waals surface area contributed by atoms with Crippen molar-refractivity contribution in [2.75, 3.05) is 11.5 Å². The molecule has 1 aliphatic heterocycles. The minimum Gasteiger partial charge on any atom is -0.483 e. The summed E-state index contributed by atoms with van der Waals surface area (Å²) in [6.07, 6.45) is 0. The van der Waals surface area contributed by atoms with Gasteiger partial charge in [0.05, 0.1) is 11.4 Å². The van der Waals surface area contributed by atoms with Crippen molar-refractivity contribution in [2.24, 2.45) is 0 Å². The number of hydrogen-bond acceptors (Lipinski definition) is 4. The SMILES string of the molecule is Cc1ccccc1OCC(=O)NNC(=O)N1c2ccccc2Sc2ccccc21. The molecule has 0 saturated carbocycles. The lowest BCUT2D eigenvalue weighted by Gasteiger charge is -2.30. The average Bonchev–Trinajstić information content (AvgIpc) is 2.75. The number of hydrazine groups is 1. The zero-order chi connectivity index (χ0) is 20.2. The molecule has 3 amide bonds. The van der Waals surface area contributed by atoms with Crippen LogP contribution in [0.3, 0.4) is 0 Å². The molecule has 0 unspecified atom stereocenters. The third kappa shape index (κ3) is 4.05. The van der Waals surface area contributed by atoms with Crippen LogP contribution in [0.25, 0.3) is 0 Å². The van der Waals surface area contributed by atoms with Gasteiger partial charge in [-0.05, 0) is 42.8 Å². The summed E-state index contributed by atoms with van der Waals surface area (Å²) in [5, 5.41) is 0. The number of nitrogens with zero attached hydrogens (tertiary/aromatic N) is 1. The van der Waals surface area contributed by atoms with Crippen LogP contribution in [0.2, 0.25) is 0 Å². The van der Waals surface area contributed by atoms with Gasteiger partial charge >= 0.3 is 6.03 Å². The van der Waals surface area contributed by atoms with Crippen LogP contribution in [0.1, 0.15) is 5.56 Å². The topological polar surface area (TPSA) is 70.7 Å². The number of carbonyl (C=O) groups is 2. The van der Waals surface area contributed by atoms with E-state index in [1.165, 1.54) is 0 Å². The van der Waals surface area contributed by atoms with Gasteiger partial charge < -0.3 is 4.74 Å². The average molecular weight is 405 g/mol. The highest BCUT2D eigenvalue weighted by Crippen LogP contribution is 2.47. The largest absolute Gasteiger partial charge is 0.483 e. The van der Waals surface area contributed by atoms with Crippen LogP contribution in [-0.4, -0.2) is 18.5 Å². The molecule has 0 aliphatic carbocycles. The van der Waals surface area contributed by atoms with E-state index in [0.717, 1.165) is 26.7 Å². The number of amides is 3. The summed E-state index contributed by atoms with van der Waals surface area (Å²) < 4.78 is 5.51. The Bertz CT molecular complexity index is 1020. The number of aryl methyl sites for hydroxylation is 1. The Morgan fingerprint density at radius 2 is 1.45 bits per heavy atom. The summed E-state index contributed by atoms with van der Waals surface area (Å²) in [5.74, 6) is 0.180. The van der Waals surface area contributed by atoms with Crippen molar-refractivity contribution in [3.63, 3.8) is 0 Å². The van der Waals surface area contributed by atoms with Gasteiger partial charge in [-0.15, -0.1) is 0 Å². The maximum atomic E-state index is 12.9. The lowest BCUT2D eigenvalue weighted by atomic mass is 10.2. The number of urea groups is 1. The molecule has 0 saturated heterocycles. The quantitative estimate of drug-likeness (QED) is 0.633. The van der Waals surface area contributed by atoms with Gasteiger partial charge in [0.1, 0.15) is 5.75 Å². The highest BCUT2D eigenvalue weighted by molar-refractivity contribution is 7.99. The van der Waals surface area contributed by atoms with E-state index in [-0.39, 0.29) is 6.61 Å². The Labute approximate surface area is 172 Å². The Morgan fingerprint density at radius 3 is 2.10 bits per heavy atom. The first-order chi connectivity index (χ1) is 14.1. The second-order valence-corrected chi connectivity index (χ2v) is 7.49. The van der Waals surface area contributed by atoms with Crippen molar-refractivity contribution < 1.29 is 14.3 Å². The fraction of sp³-hybridized carbons (Fsp3) is 0.0909. The van der Waals surface area contributed by atoms with E-state index in [1.807, 2.05) is 73.7 Å². The Morgan fingerprint density at radius 1 is 0.862 bits per heavy atom. The number of hydrogen-bond donors (Lipinski definition) is 2. The minimum atomic E-state index is -0.450. The smallest absolute Gasteiger partial charge is 0.345 e. The molecule has 7 heteroatoms. The number of carbonyl (C=O) groups excluding carboxylic acids is 2. The fourth-order valence-electron chi connectivity index (χ4n) is 3.00. The minimum absolute atomic E-state index is 0.200. The number of benzene rings is 3. The van der Waals surface area contributed by atoms with Crippen LogP contribution in [0.15, 0.2) is 82.6 Å². The molecule has 29 heavy (non-hydrogen) atoms. The highest BCUT2D eigenvalue weighted by Gasteiger charge is 2.28. The maximum Gasteiger partial charge on any atom is 0.345 e. The summed E-state index contributed by atoms with van der Waals surface area (Å²) in [7, 11) is 0. The Hall–Kier alpha value is -3.45. The van der Waals surface area contributed by atoms with Crippen molar-refractivity contribution in [1.82, 2.24) is 10.9 Å². The number of fused-ring (bicyclic) bond motifs is 2. The van der Waals surface area contributed by atoms with Gasteiger partial charge in [-0.2, -0.15) is 0 Å². The van der Waals surface area contributed by atoms with E-state index < -0.39 is 11.9 Å². The first-order valence-corrected chi connectivity index (χ1v) is 9.88. The van der Waals surface area contributed by atoms with E-state index >= 15 is 0 Å². The summed E-state index contributed by atoms with van der Waals surface area (Å²) in [6.45, 7) is 1.70. The summed E-state index contributed by atoms with van der Waals surface area (Å²) >= 11 is 1.61. The van der Waals surface area contributed by atoms with Gasteiger partial charge in [0, 0.05) is 9.79 Å². The fourth-order valence-corrected chi connectivity index (χ4v) is 4.06. The van der Waals surface area contributed by atoms with Crippen LogP contribution in [0, 0.1) is 6.92 Å². The zero-order valence-electron chi connectivity index (χ0n) is 15.7. The number of anilines is 2. The number of nitrogens with one attached hydrogen (secondary N) is 2. The molecule has 2 N–H and O–H groups in total. The molecule has 6 nitrogen and oxygen atoms in total. The predicted molar refractivity (Wildman–Crippen MR) is 112 cm³/mol. The van der Waals surface area contributed by atoms with Gasteiger partial charge in [0.25, 0.3) is 5.91 Å². The van der Waals surface area contributed by atoms with Crippen LogP contribution in [0.4, 0.5) is 16.2 Å². The standard InChI is InChI=1S/C22H19N3O3S/c1-15-8-2-5-11-18(15)28-14-21(26)23-24-22(27)25-16-9-3-6-12-19(16)29-20-13-7-4-10-17(20)25/h2-13H,14H2,1H3,(H,23,26)(H,24,27). The summed E-state index contributed by atoms with van der Waals surface area (Å²) in [6, 6.07) is 22.3. The van der Waals surface area contributed by atoms with Gasteiger partial charge in [0.15, 0.2) is 6.61 Å². The first-order valence-electron chi connectivity index (χ1n) is 9.07. The summed E-state index contributed by atoms with van der Waals surface area (Å²) in [4.78, 5) is 28.5. The second kappa shape index (κ2) is 8.28. The van der Waals surface area contributed by atoms with Crippen LogP contribution < -0.4 is 20.5 Å². The van der Waals surface area contributed by atoms with Gasteiger partial charge in [0.2, 0.25) is 0 Å². The van der Waals surface area contributed by atoms with E-state index in [1.54, 1.807) is 22.7 Å². The van der Waals surface area contributed by atoms with Gasteiger partial charge in [-0.1, -0.05) is 54.2 Å². The molecule has 1 aliphatic rings. The Balaban J connectivity index is 1.44. The molecule has 0 atom stereocenters. The first kappa shape index (κ1) is 18.9. The third-order valence-electron chi connectivity index (χ3n) is 4.40. The molecule has 4 rings (SSSR count). The van der Waals surface area contributed by atoms with E-state index in [0.29, 0.717) is 5.75 Å². The van der Waals surface area contributed by atoms with Crippen molar-refractivity contribution in [3.8, 4) is 5.75 Å². The molecule has 1 heterocycles. The number of ether oxygens (including phenoxy) is 1. The number of para-hydroxylation sites is 3. The maximum absolute atomic E-state index is 12.9.